The van der Waals surface area contributed by atoms with Crippen molar-refractivity contribution in [2.75, 3.05) is 0 Å². The molecule has 0 radical (unpaired) electrons. The Morgan fingerprint density at radius 1 is 1.24 bits per heavy atom. The van der Waals surface area contributed by atoms with Gasteiger partial charge >= 0.3 is 0 Å². The number of benzene rings is 1. The zero-order valence-corrected chi connectivity index (χ0v) is 14.6. The standard InChI is InChI=1S/C17H25NO2Si/c1-7-14-16(20-21(5,6)17(2,3)4)18-15(19-14)13-11-9-8-10-12-13/h7-12,14,16H,1H2,2-6H3/t14-,16-/m0/s1. The van der Waals surface area contributed by atoms with Gasteiger partial charge in [0.25, 0.3) is 0 Å². The van der Waals surface area contributed by atoms with Gasteiger partial charge in [-0.25, -0.2) is 4.99 Å². The van der Waals surface area contributed by atoms with Crippen molar-refractivity contribution in [3.05, 3.63) is 48.6 Å². The van der Waals surface area contributed by atoms with E-state index in [1.54, 1.807) is 6.08 Å². The van der Waals surface area contributed by atoms with Gasteiger partial charge in [-0.3, -0.25) is 0 Å². The van der Waals surface area contributed by atoms with Gasteiger partial charge in [0.1, 0.15) is 0 Å². The summed E-state index contributed by atoms with van der Waals surface area (Å²) in [5.74, 6) is 0.643. The van der Waals surface area contributed by atoms with Crippen LogP contribution in [0, 0.1) is 0 Å². The lowest BCUT2D eigenvalue weighted by atomic mass is 10.2. The second-order valence-electron chi connectivity index (χ2n) is 6.89. The van der Waals surface area contributed by atoms with Crippen LogP contribution in [0.5, 0.6) is 0 Å². The lowest BCUT2D eigenvalue weighted by Crippen LogP contribution is -2.45. The van der Waals surface area contributed by atoms with E-state index in [1.807, 2.05) is 30.3 Å². The summed E-state index contributed by atoms with van der Waals surface area (Å²) in [5, 5.41) is 0.143. The molecule has 1 aromatic carbocycles. The summed E-state index contributed by atoms with van der Waals surface area (Å²) in [5.41, 5.74) is 0.977. The van der Waals surface area contributed by atoms with Gasteiger partial charge in [-0.1, -0.05) is 45.5 Å². The normalized spacial score (nSPS) is 22.6. The lowest BCUT2D eigenvalue weighted by molar-refractivity contribution is 0.102. The molecule has 0 saturated heterocycles. The number of nitrogens with zero attached hydrogens (tertiary/aromatic N) is 1. The molecule has 1 aliphatic rings. The molecule has 1 aliphatic heterocycles. The van der Waals surface area contributed by atoms with Gasteiger partial charge in [-0.05, 0) is 36.3 Å². The van der Waals surface area contributed by atoms with Crippen LogP contribution < -0.4 is 0 Å². The van der Waals surface area contributed by atoms with Crippen LogP contribution >= 0.6 is 0 Å². The Hall–Kier alpha value is -1.39. The summed E-state index contributed by atoms with van der Waals surface area (Å²) in [6.45, 7) is 15.0. The third-order valence-electron chi connectivity index (χ3n) is 4.25. The van der Waals surface area contributed by atoms with Gasteiger partial charge < -0.3 is 9.16 Å². The van der Waals surface area contributed by atoms with Crippen LogP contribution in [0.2, 0.25) is 18.1 Å². The number of aliphatic imine (C=N–C) groups is 1. The first kappa shape index (κ1) is 16.0. The molecule has 0 bridgehead atoms. The first-order valence-electron chi connectivity index (χ1n) is 7.35. The zero-order valence-electron chi connectivity index (χ0n) is 13.6. The van der Waals surface area contributed by atoms with Crippen molar-refractivity contribution in [2.45, 2.75) is 51.2 Å². The predicted molar refractivity (Wildman–Crippen MR) is 90.1 cm³/mol. The largest absolute Gasteiger partial charge is 0.465 e. The first-order chi connectivity index (χ1) is 9.74. The molecule has 114 valence electrons. The van der Waals surface area contributed by atoms with E-state index in [0.717, 1.165) is 5.56 Å². The molecule has 0 saturated carbocycles. The summed E-state index contributed by atoms with van der Waals surface area (Å²) < 4.78 is 12.3. The Morgan fingerprint density at radius 3 is 2.38 bits per heavy atom. The molecule has 0 unspecified atom stereocenters. The van der Waals surface area contributed by atoms with Crippen LogP contribution in [0.15, 0.2) is 48.0 Å². The fourth-order valence-electron chi connectivity index (χ4n) is 1.87. The second kappa shape index (κ2) is 5.77. The monoisotopic (exact) mass is 303 g/mol. The Kier molecular flexibility index (Phi) is 4.40. The van der Waals surface area contributed by atoms with E-state index in [4.69, 9.17) is 9.16 Å². The van der Waals surface area contributed by atoms with E-state index in [1.165, 1.54) is 0 Å². The molecular weight excluding hydrogens is 278 g/mol. The zero-order chi connectivity index (χ0) is 15.7. The molecule has 0 aromatic heterocycles. The Labute approximate surface area is 128 Å². The van der Waals surface area contributed by atoms with Crippen LogP contribution in [0.1, 0.15) is 26.3 Å². The molecule has 0 aliphatic carbocycles. The van der Waals surface area contributed by atoms with Crippen molar-refractivity contribution in [2.24, 2.45) is 4.99 Å². The van der Waals surface area contributed by atoms with E-state index in [9.17, 15) is 0 Å². The molecule has 2 atom stereocenters. The van der Waals surface area contributed by atoms with Crippen LogP contribution in [0.3, 0.4) is 0 Å². The summed E-state index contributed by atoms with van der Waals surface area (Å²) >= 11 is 0. The number of ether oxygens (including phenoxy) is 1. The highest BCUT2D eigenvalue weighted by atomic mass is 28.4. The van der Waals surface area contributed by atoms with Gasteiger partial charge in [-0.15, -0.1) is 0 Å². The van der Waals surface area contributed by atoms with Gasteiger partial charge in [0.2, 0.25) is 5.90 Å². The van der Waals surface area contributed by atoms with Crippen LogP contribution in [0.25, 0.3) is 0 Å². The highest BCUT2D eigenvalue weighted by Crippen LogP contribution is 2.38. The Bertz CT molecular complexity index is 531. The minimum atomic E-state index is -1.89. The molecule has 0 fully saturated rings. The third kappa shape index (κ3) is 3.44. The topological polar surface area (TPSA) is 30.8 Å². The van der Waals surface area contributed by atoms with E-state index < -0.39 is 8.32 Å². The van der Waals surface area contributed by atoms with Gasteiger partial charge in [0.05, 0.1) is 0 Å². The van der Waals surface area contributed by atoms with Crippen LogP contribution in [0.4, 0.5) is 0 Å². The molecule has 0 spiro atoms. The summed E-state index contributed by atoms with van der Waals surface area (Å²) in [4.78, 5) is 4.64. The molecule has 1 aromatic rings. The van der Waals surface area contributed by atoms with Crippen LogP contribution in [-0.4, -0.2) is 26.5 Å². The number of hydrogen-bond donors (Lipinski definition) is 0. The van der Waals surface area contributed by atoms with Crippen molar-refractivity contribution >= 4 is 14.2 Å². The predicted octanol–water partition coefficient (Wildman–Crippen LogP) is 4.37. The maximum absolute atomic E-state index is 6.37. The molecule has 3 nitrogen and oxygen atoms in total. The fraction of sp³-hybridized carbons (Fsp3) is 0.471. The average molecular weight is 303 g/mol. The SMILES string of the molecule is C=C[C@@H]1OC(c2ccccc2)=N[C@H]1O[Si](C)(C)C(C)(C)C. The van der Waals surface area contributed by atoms with Gasteiger partial charge in [0.15, 0.2) is 20.6 Å². The number of rotatable bonds is 4. The third-order valence-corrected chi connectivity index (χ3v) is 8.69. The molecule has 0 amide bonds. The lowest BCUT2D eigenvalue weighted by Gasteiger charge is -2.38. The van der Waals surface area contributed by atoms with Crippen molar-refractivity contribution in [1.29, 1.82) is 0 Å². The Morgan fingerprint density at radius 2 is 1.86 bits per heavy atom. The Balaban J connectivity index is 2.22. The summed E-state index contributed by atoms with van der Waals surface area (Å²) in [6.07, 6.45) is 1.27. The summed E-state index contributed by atoms with van der Waals surface area (Å²) in [6, 6.07) is 9.92. The highest BCUT2D eigenvalue weighted by molar-refractivity contribution is 6.74. The maximum Gasteiger partial charge on any atom is 0.219 e. The van der Waals surface area contributed by atoms with E-state index in [-0.39, 0.29) is 17.4 Å². The fourth-order valence-corrected chi connectivity index (χ4v) is 3.01. The molecule has 21 heavy (non-hydrogen) atoms. The van der Waals surface area contributed by atoms with E-state index in [2.05, 4.69) is 45.4 Å². The van der Waals surface area contributed by atoms with Gasteiger partial charge in [0, 0.05) is 5.56 Å². The quantitative estimate of drug-likeness (QED) is 0.611. The van der Waals surface area contributed by atoms with Crippen molar-refractivity contribution < 1.29 is 9.16 Å². The maximum atomic E-state index is 6.37. The van der Waals surface area contributed by atoms with Crippen LogP contribution in [-0.2, 0) is 9.16 Å². The second-order valence-corrected chi connectivity index (χ2v) is 11.6. The highest BCUT2D eigenvalue weighted by Gasteiger charge is 2.42. The minimum absolute atomic E-state index is 0.143. The minimum Gasteiger partial charge on any atom is -0.465 e. The van der Waals surface area contributed by atoms with E-state index >= 15 is 0 Å². The molecule has 2 rings (SSSR count). The molecule has 4 heteroatoms. The smallest absolute Gasteiger partial charge is 0.219 e. The van der Waals surface area contributed by atoms with Crippen molar-refractivity contribution in [3.63, 3.8) is 0 Å². The van der Waals surface area contributed by atoms with Crippen molar-refractivity contribution in [1.82, 2.24) is 0 Å². The number of hydrogen-bond acceptors (Lipinski definition) is 3. The molecule has 0 N–H and O–H groups in total. The molecule has 1 heterocycles. The summed E-state index contributed by atoms with van der Waals surface area (Å²) in [7, 11) is -1.89. The van der Waals surface area contributed by atoms with E-state index in [0.29, 0.717) is 5.90 Å². The van der Waals surface area contributed by atoms with Crippen molar-refractivity contribution in [3.8, 4) is 0 Å². The van der Waals surface area contributed by atoms with Gasteiger partial charge in [-0.2, -0.15) is 0 Å². The molecular formula is C17H25NO2Si. The first-order valence-corrected chi connectivity index (χ1v) is 10.3. The average Bonchev–Trinajstić information content (AvgIpc) is 2.81.